The van der Waals surface area contributed by atoms with E-state index in [9.17, 15) is 14.0 Å². The SMILES string of the molecule is CC(=O)N(C)[C@@H]1CN(c2ccc(N3CCC(C)CC3CCl)c(F)c2)C(=O)O1. The number of alkyl halides is 1. The predicted octanol–water partition coefficient (Wildman–Crippen LogP) is 3.43. The lowest BCUT2D eigenvalue weighted by atomic mass is 9.93. The van der Waals surface area contributed by atoms with Crippen molar-refractivity contribution in [1.29, 1.82) is 0 Å². The molecule has 2 aliphatic heterocycles. The van der Waals surface area contributed by atoms with Crippen molar-refractivity contribution in [3.05, 3.63) is 24.0 Å². The lowest BCUT2D eigenvalue weighted by molar-refractivity contribution is -0.134. The maximum Gasteiger partial charge on any atom is 0.416 e. The Hall–Kier alpha value is -2.02. The first-order valence-corrected chi connectivity index (χ1v) is 9.69. The minimum absolute atomic E-state index is 0.0983. The fourth-order valence-electron chi connectivity index (χ4n) is 3.67. The molecule has 2 saturated heterocycles. The van der Waals surface area contributed by atoms with Crippen LogP contribution in [0.3, 0.4) is 0 Å². The van der Waals surface area contributed by atoms with Crippen LogP contribution in [0.5, 0.6) is 0 Å². The van der Waals surface area contributed by atoms with Gasteiger partial charge in [0.05, 0.1) is 17.9 Å². The van der Waals surface area contributed by atoms with E-state index in [1.807, 2.05) is 4.90 Å². The zero-order chi connectivity index (χ0) is 19.7. The number of hydrogen-bond acceptors (Lipinski definition) is 4. The molecule has 0 spiro atoms. The Morgan fingerprint density at radius 2 is 2.19 bits per heavy atom. The van der Waals surface area contributed by atoms with Gasteiger partial charge in [0.1, 0.15) is 5.82 Å². The molecule has 8 heteroatoms. The number of hydrogen-bond donors (Lipinski definition) is 0. The fourth-order valence-corrected chi connectivity index (χ4v) is 3.97. The highest BCUT2D eigenvalue weighted by molar-refractivity contribution is 6.18. The second-order valence-corrected chi connectivity index (χ2v) is 7.65. The van der Waals surface area contributed by atoms with Gasteiger partial charge in [-0.05, 0) is 37.0 Å². The molecule has 0 saturated carbocycles. The van der Waals surface area contributed by atoms with Crippen LogP contribution in [0.4, 0.5) is 20.6 Å². The van der Waals surface area contributed by atoms with E-state index in [4.69, 9.17) is 16.3 Å². The summed E-state index contributed by atoms with van der Waals surface area (Å²) in [6, 6.07) is 4.84. The van der Waals surface area contributed by atoms with Gasteiger partial charge in [-0.2, -0.15) is 0 Å². The van der Waals surface area contributed by atoms with Crippen molar-refractivity contribution in [2.75, 3.05) is 35.8 Å². The molecule has 148 valence electrons. The van der Waals surface area contributed by atoms with Gasteiger partial charge in [-0.15, -0.1) is 11.6 Å². The van der Waals surface area contributed by atoms with Crippen molar-refractivity contribution in [2.45, 2.75) is 39.0 Å². The molecular weight excluding hydrogens is 373 g/mol. The van der Waals surface area contributed by atoms with Crippen LogP contribution in [0.1, 0.15) is 26.7 Å². The van der Waals surface area contributed by atoms with Crippen LogP contribution in [-0.4, -0.2) is 55.2 Å². The summed E-state index contributed by atoms with van der Waals surface area (Å²) < 4.78 is 20.1. The lowest BCUT2D eigenvalue weighted by Gasteiger charge is -2.39. The summed E-state index contributed by atoms with van der Waals surface area (Å²) in [6.07, 6.45) is 0.654. The first-order valence-electron chi connectivity index (χ1n) is 9.15. The summed E-state index contributed by atoms with van der Waals surface area (Å²) in [5, 5.41) is 0. The van der Waals surface area contributed by atoms with E-state index in [1.54, 1.807) is 19.2 Å². The average molecular weight is 398 g/mol. The molecule has 2 amide bonds. The summed E-state index contributed by atoms with van der Waals surface area (Å²) in [5.41, 5.74) is 0.912. The number of rotatable bonds is 4. The number of carbonyl (C=O) groups excluding carboxylic acids is 2. The summed E-state index contributed by atoms with van der Waals surface area (Å²) in [7, 11) is 1.57. The van der Waals surface area contributed by atoms with Gasteiger partial charge in [0.25, 0.3) is 0 Å². The third-order valence-corrected chi connectivity index (χ3v) is 5.79. The smallest absolute Gasteiger partial charge is 0.416 e. The monoisotopic (exact) mass is 397 g/mol. The molecular formula is C19H25ClFN3O3. The Kier molecular flexibility index (Phi) is 5.79. The molecule has 6 nitrogen and oxygen atoms in total. The first kappa shape index (κ1) is 19.7. The van der Waals surface area contributed by atoms with Crippen LogP contribution in [-0.2, 0) is 9.53 Å². The van der Waals surface area contributed by atoms with E-state index < -0.39 is 18.1 Å². The van der Waals surface area contributed by atoms with Crippen molar-refractivity contribution in [2.24, 2.45) is 5.92 Å². The molecule has 3 atom stereocenters. The average Bonchev–Trinajstić information content (AvgIpc) is 3.02. The molecule has 0 aliphatic carbocycles. The number of ether oxygens (including phenoxy) is 1. The van der Waals surface area contributed by atoms with Gasteiger partial charge < -0.3 is 14.5 Å². The van der Waals surface area contributed by atoms with Crippen molar-refractivity contribution < 1.29 is 18.7 Å². The third-order valence-electron chi connectivity index (χ3n) is 5.43. The predicted molar refractivity (Wildman–Crippen MR) is 103 cm³/mol. The van der Waals surface area contributed by atoms with Crippen molar-refractivity contribution in [3.8, 4) is 0 Å². The summed E-state index contributed by atoms with van der Waals surface area (Å²) in [5.74, 6) is 0.418. The fraction of sp³-hybridized carbons (Fsp3) is 0.579. The minimum atomic E-state index is -0.679. The summed E-state index contributed by atoms with van der Waals surface area (Å²) in [6.45, 7) is 4.51. The number of piperidine rings is 1. The number of anilines is 2. The van der Waals surface area contributed by atoms with Gasteiger partial charge in [0, 0.05) is 32.4 Å². The van der Waals surface area contributed by atoms with Gasteiger partial charge >= 0.3 is 6.09 Å². The highest BCUT2D eigenvalue weighted by Crippen LogP contribution is 2.33. The van der Waals surface area contributed by atoms with E-state index in [0.29, 0.717) is 23.2 Å². The second kappa shape index (κ2) is 7.92. The topological polar surface area (TPSA) is 53.1 Å². The van der Waals surface area contributed by atoms with Crippen LogP contribution in [0.25, 0.3) is 0 Å². The minimum Gasteiger partial charge on any atom is -0.423 e. The van der Waals surface area contributed by atoms with Gasteiger partial charge in [0.15, 0.2) is 6.23 Å². The number of carbonyl (C=O) groups is 2. The number of cyclic esters (lactones) is 1. The van der Waals surface area contributed by atoms with Crippen molar-refractivity contribution in [3.63, 3.8) is 0 Å². The van der Waals surface area contributed by atoms with Crippen LogP contribution in [0.15, 0.2) is 18.2 Å². The van der Waals surface area contributed by atoms with Crippen LogP contribution >= 0.6 is 11.6 Å². The van der Waals surface area contributed by atoms with E-state index in [1.165, 1.54) is 22.8 Å². The van der Waals surface area contributed by atoms with E-state index in [2.05, 4.69) is 6.92 Å². The molecule has 0 N–H and O–H groups in total. The van der Waals surface area contributed by atoms with Gasteiger partial charge in [0.2, 0.25) is 5.91 Å². The molecule has 2 fully saturated rings. The molecule has 0 bridgehead atoms. The Balaban J connectivity index is 1.79. The Morgan fingerprint density at radius 3 is 2.81 bits per heavy atom. The lowest BCUT2D eigenvalue weighted by Crippen LogP contribution is -2.43. The molecule has 3 rings (SSSR count). The van der Waals surface area contributed by atoms with Gasteiger partial charge in [-0.1, -0.05) is 6.92 Å². The number of benzene rings is 1. The Bertz CT molecular complexity index is 732. The van der Waals surface area contributed by atoms with Crippen LogP contribution in [0, 0.1) is 11.7 Å². The third kappa shape index (κ3) is 3.98. The molecule has 1 aromatic rings. The second-order valence-electron chi connectivity index (χ2n) is 7.35. The number of amides is 2. The molecule has 0 radical (unpaired) electrons. The van der Waals surface area contributed by atoms with Crippen LogP contribution in [0.2, 0.25) is 0 Å². The number of likely N-dealkylation sites (N-methyl/N-ethyl adjacent to an activating group) is 1. The Morgan fingerprint density at radius 1 is 1.44 bits per heavy atom. The van der Waals surface area contributed by atoms with Crippen LogP contribution < -0.4 is 9.80 Å². The van der Waals surface area contributed by atoms with Gasteiger partial charge in [-0.3, -0.25) is 9.69 Å². The Labute approximate surface area is 163 Å². The van der Waals surface area contributed by atoms with Crippen molar-refractivity contribution in [1.82, 2.24) is 4.90 Å². The highest BCUT2D eigenvalue weighted by Gasteiger charge is 2.36. The maximum atomic E-state index is 14.9. The van der Waals surface area contributed by atoms with E-state index in [0.717, 1.165) is 19.4 Å². The summed E-state index contributed by atoms with van der Waals surface area (Å²) in [4.78, 5) is 28.3. The molecule has 2 unspecified atom stereocenters. The quantitative estimate of drug-likeness (QED) is 0.730. The molecule has 0 aromatic heterocycles. The largest absolute Gasteiger partial charge is 0.423 e. The molecule has 2 aliphatic rings. The van der Waals surface area contributed by atoms with E-state index in [-0.39, 0.29) is 18.5 Å². The normalized spacial score (nSPS) is 25.5. The standard InChI is InChI=1S/C19H25ClFN3O3/c1-12-6-7-23(15(8-12)10-20)17-5-4-14(9-16(17)21)24-11-18(27-19(24)26)22(3)13(2)25/h4-5,9,12,15,18H,6-8,10-11H2,1-3H3/t12?,15?,18-/m0/s1. The van der Waals surface area contributed by atoms with Crippen molar-refractivity contribution >= 4 is 35.0 Å². The highest BCUT2D eigenvalue weighted by atomic mass is 35.5. The number of nitrogens with zero attached hydrogens (tertiary/aromatic N) is 3. The maximum absolute atomic E-state index is 14.9. The molecule has 27 heavy (non-hydrogen) atoms. The number of halogens is 2. The molecule has 1 aromatic carbocycles. The summed E-state index contributed by atoms with van der Waals surface area (Å²) >= 11 is 6.10. The zero-order valence-electron chi connectivity index (χ0n) is 15.8. The van der Waals surface area contributed by atoms with Gasteiger partial charge in [-0.25, -0.2) is 9.18 Å². The first-order chi connectivity index (χ1) is 12.8. The zero-order valence-corrected chi connectivity index (χ0v) is 16.6. The van der Waals surface area contributed by atoms with E-state index >= 15 is 0 Å². The molecule has 2 heterocycles.